The topological polar surface area (TPSA) is 126 Å². The number of nitro benzene ring substituents is 2. The van der Waals surface area contributed by atoms with Crippen LogP contribution in [0.15, 0.2) is 16.6 Å². The Kier molecular flexibility index (Phi) is 3.18. The summed E-state index contributed by atoms with van der Waals surface area (Å²) in [6, 6.07) is 1.33. The average Bonchev–Trinajstić information content (AvgIpc) is 2.15. The molecule has 0 aliphatic rings. The molecule has 0 aromatic heterocycles. The molecule has 0 atom stereocenters. The number of hydrogen-bond donors (Lipinski definition) is 0. The van der Waals surface area contributed by atoms with Crippen LogP contribution in [-0.2, 0) is 0 Å². The van der Waals surface area contributed by atoms with Crippen LogP contribution in [0.5, 0.6) is 0 Å². The molecule has 9 heteroatoms. The van der Waals surface area contributed by atoms with Gasteiger partial charge in [0.15, 0.2) is 0 Å². The number of halogens is 1. The van der Waals surface area contributed by atoms with Gasteiger partial charge in [0.2, 0.25) is 0 Å². The monoisotopic (exact) mass is 289 g/mol. The third kappa shape index (κ3) is 2.14. The number of aromatic carboxylic acids is 1. The summed E-state index contributed by atoms with van der Waals surface area (Å²) >= 11 is 2.74. The first-order valence-electron chi connectivity index (χ1n) is 3.68. The van der Waals surface area contributed by atoms with Gasteiger partial charge in [0.1, 0.15) is 0 Å². The Morgan fingerprint density at radius 3 is 2.00 bits per heavy atom. The third-order valence-corrected chi connectivity index (χ3v) is 2.31. The largest absolute Gasteiger partial charge is 0.545 e. The summed E-state index contributed by atoms with van der Waals surface area (Å²) in [5.41, 5.74) is -2.19. The number of rotatable bonds is 3. The molecule has 0 saturated heterocycles. The van der Waals surface area contributed by atoms with E-state index in [1.165, 1.54) is 0 Å². The molecule has 0 fully saturated rings. The molecule has 1 aromatic carbocycles. The lowest BCUT2D eigenvalue weighted by atomic mass is 10.1. The lowest BCUT2D eigenvalue weighted by molar-refractivity contribution is -0.395. The summed E-state index contributed by atoms with van der Waals surface area (Å²) in [6.07, 6.45) is 0. The molecule has 0 saturated carbocycles. The standard InChI is InChI=1S/C7H3BrN2O6/c8-4-1-3(7(11)12)5(9(13)14)2-6(4)10(15)16/h1-2H,(H,11,12)/p-1. The number of carbonyl (C=O) groups excluding carboxylic acids is 1. The zero-order valence-corrected chi connectivity index (χ0v) is 8.96. The Hall–Kier alpha value is -2.03. The molecule has 0 amide bonds. The Bertz CT molecular complexity index is 500. The predicted molar refractivity (Wildman–Crippen MR) is 51.8 cm³/mol. The number of carboxylic acids is 1. The van der Waals surface area contributed by atoms with Crippen molar-refractivity contribution in [2.45, 2.75) is 0 Å². The van der Waals surface area contributed by atoms with Crippen molar-refractivity contribution in [3.63, 3.8) is 0 Å². The van der Waals surface area contributed by atoms with Crippen LogP contribution in [0.1, 0.15) is 10.4 Å². The Morgan fingerprint density at radius 2 is 1.62 bits per heavy atom. The minimum absolute atomic E-state index is 0.165. The van der Waals surface area contributed by atoms with E-state index in [-0.39, 0.29) is 4.47 Å². The van der Waals surface area contributed by atoms with Gasteiger partial charge in [0, 0.05) is 0 Å². The number of carboxylic acid groups (broad SMARTS) is 1. The SMILES string of the molecule is O=C([O-])c1cc(Br)c([N+](=O)[O-])cc1[N+](=O)[O-]. The maximum Gasteiger partial charge on any atom is 0.290 e. The summed E-state index contributed by atoms with van der Waals surface area (Å²) in [6.45, 7) is 0. The molecular formula is C7H2BrN2O6-. The van der Waals surface area contributed by atoms with Crippen LogP contribution < -0.4 is 5.11 Å². The molecule has 0 unspecified atom stereocenters. The molecule has 0 aliphatic heterocycles. The fourth-order valence-corrected chi connectivity index (χ4v) is 1.49. The fourth-order valence-electron chi connectivity index (χ4n) is 1.01. The Morgan fingerprint density at radius 1 is 1.12 bits per heavy atom. The summed E-state index contributed by atoms with van der Waals surface area (Å²) in [5.74, 6) is -1.78. The van der Waals surface area contributed by atoms with Gasteiger partial charge in [-0.2, -0.15) is 0 Å². The van der Waals surface area contributed by atoms with E-state index >= 15 is 0 Å². The molecule has 0 N–H and O–H groups in total. The lowest BCUT2D eigenvalue weighted by Gasteiger charge is -2.04. The molecule has 8 nitrogen and oxygen atoms in total. The van der Waals surface area contributed by atoms with Crippen molar-refractivity contribution in [1.29, 1.82) is 0 Å². The number of hydrogen-bond acceptors (Lipinski definition) is 6. The van der Waals surface area contributed by atoms with Crippen LogP contribution in [0.25, 0.3) is 0 Å². The van der Waals surface area contributed by atoms with Gasteiger partial charge < -0.3 is 9.90 Å². The van der Waals surface area contributed by atoms with Gasteiger partial charge in [0.05, 0.1) is 31.9 Å². The van der Waals surface area contributed by atoms with Crippen molar-refractivity contribution in [1.82, 2.24) is 0 Å². The second-order valence-electron chi connectivity index (χ2n) is 2.62. The first-order valence-corrected chi connectivity index (χ1v) is 4.47. The van der Waals surface area contributed by atoms with Gasteiger partial charge in [-0.05, 0) is 22.0 Å². The predicted octanol–water partition coefficient (Wildman–Crippen LogP) is 0.629. The minimum atomic E-state index is -1.78. The first-order chi connectivity index (χ1) is 7.34. The van der Waals surface area contributed by atoms with Crippen LogP contribution in [-0.4, -0.2) is 15.8 Å². The van der Waals surface area contributed by atoms with Crippen molar-refractivity contribution in [2.75, 3.05) is 0 Å². The van der Waals surface area contributed by atoms with Gasteiger partial charge in [0.25, 0.3) is 11.4 Å². The number of nitrogens with zero attached hydrogens (tertiary/aromatic N) is 2. The molecular weight excluding hydrogens is 288 g/mol. The van der Waals surface area contributed by atoms with Gasteiger partial charge in [-0.15, -0.1) is 0 Å². The molecule has 1 rings (SSSR count). The molecule has 1 aromatic rings. The highest BCUT2D eigenvalue weighted by Crippen LogP contribution is 2.32. The summed E-state index contributed by atoms with van der Waals surface area (Å²) < 4.78 is -0.165. The lowest BCUT2D eigenvalue weighted by Crippen LogP contribution is -2.23. The summed E-state index contributed by atoms with van der Waals surface area (Å²) in [5, 5.41) is 31.5. The zero-order chi connectivity index (χ0) is 12.5. The highest BCUT2D eigenvalue weighted by atomic mass is 79.9. The molecule has 0 bridgehead atoms. The van der Waals surface area contributed by atoms with Crippen LogP contribution in [0.3, 0.4) is 0 Å². The number of nitro groups is 2. The summed E-state index contributed by atoms with van der Waals surface area (Å²) in [4.78, 5) is 29.6. The second kappa shape index (κ2) is 4.23. The Labute approximate surface area is 95.9 Å². The van der Waals surface area contributed by atoms with E-state index in [0.29, 0.717) is 6.07 Å². The van der Waals surface area contributed by atoms with Crippen molar-refractivity contribution in [3.8, 4) is 0 Å². The zero-order valence-electron chi connectivity index (χ0n) is 7.38. The van der Waals surface area contributed by atoms with E-state index in [4.69, 9.17) is 0 Å². The normalized spacial score (nSPS) is 9.81. The van der Waals surface area contributed by atoms with E-state index in [9.17, 15) is 30.1 Å². The van der Waals surface area contributed by atoms with Crippen LogP contribution in [0.4, 0.5) is 11.4 Å². The number of carbonyl (C=O) groups is 1. The van der Waals surface area contributed by atoms with E-state index in [1.807, 2.05) is 0 Å². The van der Waals surface area contributed by atoms with Crippen molar-refractivity contribution in [3.05, 3.63) is 42.4 Å². The van der Waals surface area contributed by atoms with Gasteiger partial charge in [-0.3, -0.25) is 20.2 Å². The fraction of sp³-hybridized carbons (Fsp3) is 0. The third-order valence-electron chi connectivity index (χ3n) is 1.68. The maximum absolute atomic E-state index is 10.6. The van der Waals surface area contributed by atoms with Crippen LogP contribution in [0, 0.1) is 20.2 Å². The summed E-state index contributed by atoms with van der Waals surface area (Å²) in [7, 11) is 0. The van der Waals surface area contributed by atoms with E-state index in [1.54, 1.807) is 0 Å². The van der Waals surface area contributed by atoms with E-state index in [0.717, 1.165) is 6.07 Å². The molecule has 84 valence electrons. The molecule has 0 aliphatic carbocycles. The van der Waals surface area contributed by atoms with Gasteiger partial charge >= 0.3 is 0 Å². The van der Waals surface area contributed by atoms with Gasteiger partial charge in [-0.1, -0.05) is 0 Å². The van der Waals surface area contributed by atoms with Crippen molar-refractivity contribution in [2.24, 2.45) is 0 Å². The van der Waals surface area contributed by atoms with Gasteiger partial charge in [-0.25, -0.2) is 0 Å². The molecule has 0 heterocycles. The quantitative estimate of drug-likeness (QED) is 0.593. The second-order valence-corrected chi connectivity index (χ2v) is 3.48. The highest BCUT2D eigenvalue weighted by molar-refractivity contribution is 9.10. The van der Waals surface area contributed by atoms with Crippen LogP contribution in [0.2, 0.25) is 0 Å². The van der Waals surface area contributed by atoms with Crippen molar-refractivity contribution >= 4 is 33.3 Å². The molecule has 0 spiro atoms. The minimum Gasteiger partial charge on any atom is -0.545 e. The van der Waals surface area contributed by atoms with Crippen molar-refractivity contribution < 1.29 is 19.7 Å². The smallest absolute Gasteiger partial charge is 0.290 e. The highest BCUT2D eigenvalue weighted by Gasteiger charge is 2.23. The number of benzene rings is 1. The van der Waals surface area contributed by atoms with E-state index < -0.39 is 32.8 Å². The Balaban J connectivity index is 3.55. The molecule has 16 heavy (non-hydrogen) atoms. The maximum atomic E-state index is 10.6. The van der Waals surface area contributed by atoms with E-state index in [2.05, 4.69) is 15.9 Å². The first kappa shape index (κ1) is 12.0. The average molecular weight is 290 g/mol. The van der Waals surface area contributed by atoms with Crippen LogP contribution >= 0.6 is 15.9 Å². The molecule has 0 radical (unpaired) electrons.